The van der Waals surface area contributed by atoms with Crippen LogP contribution in [0.15, 0.2) is 41.4 Å². The standard InChI is InChI=1S/C16H21BrN2O3S/c1-2-9-18-16(20)14-7-10-19(11-8-14)23(21,22)12-13-3-5-15(17)6-4-13/h2-6,14H,1,7-12H2,(H,18,20). The second-order valence-corrected chi connectivity index (χ2v) is 8.47. The van der Waals surface area contributed by atoms with Crippen LogP contribution in [-0.4, -0.2) is 38.3 Å². The third-order valence-electron chi connectivity index (χ3n) is 3.90. The fourth-order valence-electron chi connectivity index (χ4n) is 2.60. The maximum Gasteiger partial charge on any atom is 0.223 e. The number of nitrogens with zero attached hydrogens (tertiary/aromatic N) is 1. The zero-order valence-electron chi connectivity index (χ0n) is 12.9. The van der Waals surface area contributed by atoms with Crippen molar-refractivity contribution in [3.05, 3.63) is 47.0 Å². The van der Waals surface area contributed by atoms with Crippen LogP contribution in [-0.2, 0) is 20.6 Å². The van der Waals surface area contributed by atoms with Gasteiger partial charge in [0.25, 0.3) is 0 Å². The van der Waals surface area contributed by atoms with Crippen molar-refractivity contribution in [1.82, 2.24) is 9.62 Å². The lowest BCUT2D eigenvalue weighted by Gasteiger charge is -2.30. The molecule has 0 atom stereocenters. The number of carbonyl (C=O) groups excluding carboxylic acids is 1. The van der Waals surface area contributed by atoms with Gasteiger partial charge in [0.2, 0.25) is 15.9 Å². The van der Waals surface area contributed by atoms with Gasteiger partial charge in [-0.2, -0.15) is 0 Å². The van der Waals surface area contributed by atoms with E-state index in [1.165, 1.54) is 4.31 Å². The van der Waals surface area contributed by atoms with Gasteiger partial charge in [-0.15, -0.1) is 6.58 Å². The average molecular weight is 401 g/mol. The lowest BCUT2D eigenvalue weighted by Crippen LogP contribution is -2.43. The van der Waals surface area contributed by atoms with Crippen LogP contribution in [0.2, 0.25) is 0 Å². The zero-order chi connectivity index (χ0) is 16.9. The number of carbonyl (C=O) groups is 1. The van der Waals surface area contributed by atoms with E-state index >= 15 is 0 Å². The van der Waals surface area contributed by atoms with Crippen LogP contribution in [0.1, 0.15) is 18.4 Å². The van der Waals surface area contributed by atoms with Crippen LogP contribution >= 0.6 is 15.9 Å². The Labute approximate surface area is 145 Å². The Kier molecular flexibility index (Phi) is 6.38. The summed E-state index contributed by atoms with van der Waals surface area (Å²) in [6.07, 6.45) is 2.75. The molecule has 0 spiro atoms. The van der Waals surface area contributed by atoms with Crippen LogP contribution in [0.25, 0.3) is 0 Å². The third kappa shape index (κ3) is 5.16. The molecular weight excluding hydrogens is 380 g/mol. The summed E-state index contributed by atoms with van der Waals surface area (Å²) < 4.78 is 27.4. The van der Waals surface area contributed by atoms with Gasteiger partial charge in [0.05, 0.1) is 5.75 Å². The molecule has 1 aromatic carbocycles. The molecule has 5 nitrogen and oxygen atoms in total. The van der Waals surface area contributed by atoms with Crippen LogP contribution in [0, 0.1) is 5.92 Å². The first kappa shape index (κ1) is 18.2. The van der Waals surface area contributed by atoms with E-state index < -0.39 is 10.0 Å². The second kappa shape index (κ2) is 8.08. The molecule has 1 N–H and O–H groups in total. The highest BCUT2D eigenvalue weighted by atomic mass is 79.9. The van der Waals surface area contributed by atoms with E-state index in [2.05, 4.69) is 27.8 Å². The molecule has 1 aliphatic rings. The third-order valence-corrected chi connectivity index (χ3v) is 6.28. The largest absolute Gasteiger partial charge is 0.352 e. The first-order valence-corrected chi connectivity index (χ1v) is 9.93. The summed E-state index contributed by atoms with van der Waals surface area (Å²) >= 11 is 3.34. The van der Waals surface area contributed by atoms with E-state index in [9.17, 15) is 13.2 Å². The minimum absolute atomic E-state index is 0.00634. The van der Waals surface area contributed by atoms with E-state index in [1.54, 1.807) is 18.2 Å². The predicted molar refractivity (Wildman–Crippen MR) is 94.3 cm³/mol. The first-order chi connectivity index (χ1) is 10.9. The van der Waals surface area contributed by atoms with E-state index in [1.807, 2.05) is 12.1 Å². The Hall–Kier alpha value is -1.18. The summed E-state index contributed by atoms with van der Waals surface area (Å²) in [7, 11) is -3.35. The highest BCUT2D eigenvalue weighted by molar-refractivity contribution is 9.10. The van der Waals surface area contributed by atoms with Gasteiger partial charge in [0, 0.05) is 30.0 Å². The number of sulfonamides is 1. The summed E-state index contributed by atoms with van der Waals surface area (Å²) in [6.45, 7) is 4.80. The van der Waals surface area contributed by atoms with E-state index in [-0.39, 0.29) is 17.6 Å². The Balaban J connectivity index is 1.91. The number of hydrogen-bond acceptors (Lipinski definition) is 3. The SMILES string of the molecule is C=CCNC(=O)C1CCN(S(=O)(=O)Cc2ccc(Br)cc2)CC1. The maximum atomic E-state index is 12.5. The zero-order valence-corrected chi connectivity index (χ0v) is 15.3. The molecule has 0 aromatic heterocycles. The quantitative estimate of drug-likeness (QED) is 0.744. The molecule has 126 valence electrons. The molecule has 1 aromatic rings. The molecule has 1 heterocycles. The molecule has 7 heteroatoms. The van der Waals surface area contributed by atoms with Crippen LogP contribution in [0.3, 0.4) is 0 Å². The number of hydrogen-bond donors (Lipinski definition) is 1. The minimum atomic E-state index is -3.35. The van der Waals surface area contributed by atoms with Gasteiger partial charge >= 0.3 is 0 Å². The van der Waals surface area contributed by atoms with Crippen molar-refractivity contribution in [3.63, 3.8) is 0 Å². The van der Waals surface area contributed by atoms with Crippen molar-refractivity contribution in [2.45, 2.75) is 18.6 Å². The highest BCUT2D eigenvalue weighted by Crippen LogP contribution is 2.22. The number of rotatable bonds is 6. The molecular formula is C16H21BrN2O3S. The fourth-order valence-corrected chi connectivity index (χ4v) is 4.42. The van der Waals surface area contributed by atoms with Gasteiger partial charge in [-0.3, -0.25) is 4.79 Å². The van der Waals surface area contributed by atoms with Crippen LogP contribution in [0.4, 0.5) is 0 Å². The molecule has 0 bridgehead atoms. The average Bonchev–Trinajstić information content (AvgIpc) is 2.54. The second-order valence-electron chi connectivity index (χ2n) is 5.59. The predicted octanol–water partition coefficient (Wildman–Crippen LogP) is 2.29. The van der Waals surface area contributed by atoms with Crippen molar-refractivity contribution >= 4 is 31.9 Å². The molecule has 0 radical (unpaired) electrons. The monoisotopic (exact) mass is 400 g/mol. The lowest BCUT2D eigenvalue weighted by atomic mass is 9.97. The van der Waals surface area contributed by atoms with E-state index in [0.717, 1.165) is 10.0 Å². The van der Waals surface area contributed by atoms with Gasteiger partial charge in [-0.1, -0.05) is 34.1 Å². The highest BCUT2D eigenvalue weighted by Gasteiger charge is 2.30. The molecule has 0 saturated carbocycles. The number of amides is 1. The number of halogens is 1. The van der Waals surface area contributed by atoms with Gasteiger partial charge in [-0.05, 0) is 30.5 Å². The molecule has 23 heavy (non-hydrogen) atoms. The van der Waals surface area contributed by atoms with Crippen molar-refractivity contribution in [2.24, 2.45) is 5.92 Å². The number of nitrogens with one attached hydrogen (secondary N) is 1. The van der Waals surface area contributed by atoms with Gasteiger partial charge < -0.3 is 5.32 Å². The van der Waals surface area contributed by atoms with Crippen molar-refractivity contribution in [2.75, 3.05) is 19.6 Å². The smallest absolute Gasteiger partial charge is 0.223 e. The normalized spacial score (nSPS) is 16.9. The van der Waals surface area contributed by atoms with Gasteiger partial charge in [0.15, 0.2) is 0 Å². The Morgan fingerprint density at radius 2 is 1.91 bits per heavy atom. The van der Waals surface area contributed by atoms with Gasteiger partial charge in [0.1, 0.15) is 0 Å². The summed E-state index contributed by atoms with van der Waals surface area (Å²) in [5.41, 5.74) is 0.763. The molecule has 1 saturated heterocycles. The Morgan fingerprint density at radius 1 is 1.30 bits per heavy atom. The van der Waals surface area contributed by atoms with Crippen LogP contribution < -0.4 is 5.32 Å². The summed E-state index contributed by atoms with van der Waals surface area (Å²) in [5.74, 6) is -0.142. The molecule has 1 aliphatic heterocycles. The van der Waals surface area contributed by atoms with Gasteiger partial charge in [-0.25, -0.2) is 12.7 Å². The molecule has 0 aliphatic carbocycles. The molecule has 2 rings (SSSR count). The van der Waals surface area contributed by atoms with E-state index in [4.69, 9.17) is 0 Å². The van der Waals surface area contributed by atoms with Crippen molar-refractivity contribution in [1.29, 1.82) is 0 Å². The number of piperidine rings is 1. The molecule has 1 fully saturated rings. The fraction of sp³-hybridized carbons (Fsp3) is 0.438. The molecule has 1 amide bonds. The van der Waals surface area contributed by atoms with Crippen LogP contribution in [0.5, 0.6) is 0 Å². The summed E-state index contributed by atoms with van der Waals surface area (Å²) in [4.78, 5) is 11.9. The number of benzene rings is 1. The molecule has 0 unspecified atom stereocenters. The summed E-state index contributed by atoms with van der Waals surface area (Å²) in [6, 6.07) is 7.27. The maximum absolute atomic E-state index is 12.5. The Morgan fingerprint density at radius 3 is 2.48 bits per heavy atom. The minimum Gasteiger partial charge on any atom is -0.352 e. The van der Waals surface area contributed by atoms with Crippen molar-refractivity contribution in [3.8, 4) is 0 Å². The summed E-state index contributed by atoms with van der Waals surface area (Å²) in [5, 5.41) is 2.77. The first-order valence-electron chi connectivity index (χ1n) is 7.53. The lowest BCUT2D eigenvalue weighted by molar-refractivity contribution is -0.125. The van der Waals surface area contributed by atoms with E-state index in [0.29, 0.717) is 32.5 Å². The van der Waals surface area contributed by atoms with Crippen molar-refractivity contribution < 1.29 is 13.2 Å². The Bertz CT molecular complexity index is 650. The topological polar surface area (TPSA) is 66.5 Å².